The second-order valence-corrected chi connectivity index (χ2v) is 9.15. The lowest BCUT2D eigenvalue weighted by molar-refractivity contribution is -0.125. The first-order chi connectivity index (χ1) is 16.2. The van der Waals surface area contributed by atoms with E-state index in [2.05, 4.69) is 15.4 Å². The monoisotopic (exact) mass is 516 g/mol. The summed E-state index contributed by atoms with van der Waals surface area (Å²) in [5, 5.41) is 5.24. The lowest BCUT2D eigenvalue weighted by atomic mass is 10.2. The van der Waals surface area contributed by atoms with Crippen LogP contribution in [0.4, 0.5) is 20.2 Å². The molecule has 34 heavy (non-hydrogen) atoms. The number of anilines is 2. The molecule has 0 radical (unpaired) electrons. The van der Waals surface area contributed by atoms with Gasteiger partial charge in [0.25, 0.3) is 11.8 Å². The Hall–Kier alpha value is -2.80. The minimum absolute atomic E-state index is 0.00188. The van der Waals surface area contributed by atoms with E-state index in [1.165, 1.54) is 23.1 Å². The third-order valence-electron chi connectivity index (χ3n) is 4.92. The molecule has 13 heteroatoms. The van der Waals surface area contributed by atoms with Gasteiger partial charge in [0.05, 0.1) is 21.5 Å². The van der Waals surface area contributed by atoms with Crippen LogP contribution in [0.25, 0.3) is 0 Å². The van der Waals surface area contributed by atoms with Crippen LogP contribution in [0.15, 0.2) is 30.3 Å². The minimum atomic E-state index is -3.15. The number of nitrogens with zero attached hydrogens (tertiary/aromatic N) is 2. The topological polar surface area (TPSA) is 100 Å². The normalized spacial score (nSPS) is 14.9. The number of likely N-dealkylation sites (N-methyl/N-ethyl adjacent to an activating group) is 1. The highest BCUT2D eigenvalue weighted by Crippen LogP contribution is 2.32. The van der Waals surface area contributed by atoms with Crippen LogP contribution in [0.3, 0.4) is 0 Å². The number of rotatable bonds is 9. The fourth-order valence-corrected chi connectivity index (χ4v) is 4.16. The third-order valence-corrected chi connectivity index (χ3v) is 6.15. The molecule has 1 fully saturated rings. The van der Waals surface area contributed by atoms with Gasteiger partial charge in [0.15, 0.2) is 5.75 Å². The molecule has 2 N–H and O–H groups in total. The van der Waals surface area contributed by atoms with Gasteiger partial charge >= 0.3 is 6.61 Å². The van der Waals surface area contributed by atoms with Crippen molar-refractivity contribution in [1.29, 1.82) is 0 Å². The molecule has 2 heterocycles. The van der Waals surface area contributed by atoms with Crippen LogP contribution in [0.1, 0.15) is 9.67 Å². The summed E-state index contributed by atoms with van der Waals surface area (Å²) in [6.07, 6.45) is 0. The number of amides is 3. The molecule has 9 nitrogen and oxygen atoms in total. The van der Waals surface area contributed by atoms with Crippen LogP contribution in [0.2, 0.25) is 4.34 Å². The van der Waals surface area contributed by atoms with Crippen molar-refractivity contribution in [2.75, 3.05) is 50.6 Å². The standard InChI is InChI=1S/C21H23ClF2N4O5S/c1-27(2)14(10-25-20(31)16-5-6-17(22)34-16)19(30)26-13-4-3-12(9-15(13)33-21(23)24)28-7-8-32-11-18(28)29/h3-6,9,14,21H,7-8,10-11H2,1-2H3,(H,25,31)(H,26,30)/t14-/m1/s1. The Bertz CT molecular complexity index is 1050. The number of nitrogens with one attached hydrogen (secondary N) is 2. The largest absolute Gasteiger partial charge is 0.433 e. The van der Waals surface area contributed by atoms with Gasteiger partial charge in [-0.3, -0.25) is 19.3 Å². The number of hydrogen-bond donors (Lipinski definition) is 2. The van der Waals surface area contributed by atoms with Crippen molar-refractivity contribution in [2.45, 2.75) is 12.7 Å². The van der Waals surface area contributed by atoms with Crippen LogP contribution < -0.4 is 20.3 Å². The Labute approximate surface area is 203 Å². The van der Waals surface area contributed by atoms with E-state index in [-0.39, 0.29) is 37.0 Å². The van der Waals surface area contributed by atoms with Crippen LogP contribution in [-0.2, 0) is 14.3 Å². The van der Waals surface area contributed by atoms with Crippen LogP contribution in [0, 0.1) is 0 Å². The molecule has 0 spiro atoms. The number of hydrogen-bond acceptors (Lipinski definition) is 7. The number of halogens is 3. The highest BCUT2D eigenvalue weighted by atomic mass is 35.5. The van der Waals surface area contributed by atoms with Gasteiger partial charge in [-0.15, -0.1) is 11.3 Å². The molecule has 1 aromatic carbocycles. The van der Waals surface area contributed by atoms with E-state index in [4.69, 9.17) is 16.3 Å². The van der Waals surface area contributed by atoms with Gasteiger partial charge in [-0.1, -0.05) is 11.6 Å². The maximum atomic E-state index is 13.0. The number of carbonyl (C=O) groups excluding carboxylic acids is 3. The van der Waals surface area contributed by atoms with E-state index < -0.39 is 24.5 Å². The van der Waals surface area contributed by atoms with Crippen LogP contribution >= 0.6 is 22.9 Å². The zero-order chi connectivity index (χ0) is 24.8. The van der Waals surface area contributed by atoms with Crippen molar-refractivity contribution >= 4 is 52.0 Å². The number of benzene rings is 1. The average molecular weight is 517 g/mol. The molecule has 2 aromatic rings. The van der Waals surface area contributed by atoms with E-state index >= 15 is 0 Å². The molecule has 1 aliphatic rings. The molecule has 1 aliphatic heterocycles. The number of carbonyl (C=O) groups is 3. The van der Waals surface area contributed by atoms with Crippen molar-refractivity contribution in [3.05, 3.63) is 39.5 Å². The van der Waals surface area contributed by atoms with E-state index in [0.717, 1.165) is 11.3 Å². The first-order valence-corrected chi connectivity index (χ1v) is 11.3. The maximum absolute atomic E-state index is 13.0. The van der Waals surface area contributed by atoms with Gasteiger partial charge in [-0.2, -0.15) is 8.78 Å². The molecular formula is C21H23ClF2N4O5S. The van der Waals surface area contributed by atoms with Crippen molar-refractivity contribution in [1.82, 2.24) is 10.2 Å². The van der Waals surface area contributed by atoms with Crippen molar-refractivity contribution in [3.8, 4) is 5.75 Å². The Morgan fingerprint density at radius 3 is 2.68 bits per heavy atom. The third kappa shape index (κ3) is 6.63. The number of ether oxygens (including phenoxy) is 2. The predicted octanol–water partition coefficient (Wildman–Crippen LogP) is 2.66. The molecule has 0 bridgehead atoms. The van der Waals surface area contributed by atoms with E-state index in [0.29, 0.717) is 21.5 Å². The van der Waals surface area contributed by atoms with Gasteiger partial charge < -0.3 is 25.0 Å². The molecule has 0 unspecified atom stereocenters. The lowest BCUT2D eigenvalue weighted by Crippen LogP contribution is -2.47. The van der Waals surface area contributed by atoms with Gasteiger partial charge in [0.1, 0.15) is 12.6 Å². The molecule has 3 rings (SSSR count). The Kier molecular flexibility index (Phi) is 8.78. The Morgan fingerprint density at radius 2 is 2.06 bits per heavy atom. The van der Waals surface area contributed by atoms with Crippen molar-refractivity contribution in [2.24, 2.45) is 0 Å². The highest BCUT2D eigenvalue weighted by molar-refractivity contribution is 7.18. The number of morpholine rings is 1. The lowest BCUT2D eigenvalue weighted by Gasteiger charge is -2.28. The molecule has 0 aliphatic carbocycles. The van der Waals surface area contributed by atoms with Crippen molar-refractivity contribution < 1.29 is 32.6 Å². The Morgan fingerprint density at radius 1 is 1.29 bits per heavy atom. The molecule has 1 aromatic heterocycles. The number of thiophene rings is 1. The second-order valence-electron chi connectivity index (χ2n) is 7.44. The minimum Gasteiger partial charge on any atom is -0.433 e. The van der Waals surface area contributed by atoms with E-state index in [9.17, 15) is 23.2 Å². The van der Waals surface area contributed by atoms with Gasteiger partial charge in [0, 0.05) is 24.8 Å². The van der Waals surface area contributed by atoms with Crippen LogP contribution in [0.5, 0.6) is 5.75 Å². The molecule has 1 atom stereocenters. The summed E-state index contributed by atoms with van der Waals surface area (Å²) in [7, 11) is 3.28. The predicted molar refractivity (Wildman–Crippen MR) is 124 cm³/mol. The summed E-state index contributed by atoms with van der Waals surface area (Å²) in [5.41, 5.74) is 0.339. The Balaban J connectivity index is 1.74. The van der Waals surface area contributed by atoms with Gasteiger partial charge in [-0.05, 0) is 38.4 Å². The van der Waals surface area contributed by atoms with E-state index in [1.54, 1.807) is 31.1 Å². The first kappa shape index (κ1) is 25.8. The summed E-state index contributed by atoms with van der Waals surface area (Å²) in [6, 6.07) is 6.51. The highest BCUT2D eigenvalue weighted by Gasteiger charge is 2.26. The fourth-order valence-electron chi connectivity index (χ4n) is 3.21. The van der Waals surface area contributed by atoms with Gasteiger partial charge in [-0.25, -0.2) is 0 Å². The average Bonchev–Trinajstić information content (AvgIpc) is 3.21. The van der Waals surface area contributed by atoms with Crippen LogP contribution in [-0.4, -0.2) is 75.7 Å². The molecule has 184 valence electrons. The maximum Gasteiger partial charge on any atom is 0.387 e. The van der Waals surface area contributed by atoms with E-state index in [1.807, 2.05) is 0 Å². The summed E-state index contributed by atoms with van der Waals surface area (Å²) in [6.45, 7) is -2.73. The molecular weight excluding hydrogens is 494 g/mol. The van der Waals surface area contributed by atoms with Crippen molar-refractivity contribution in [3.63, 3.8) is 0 Å². The first-order valence-electron chi connectivity index (χ1n) is 10.1. The zero-order valence-electron chi connectivity index (χ0n) is 18.3. The quantitative estimate of drug-likeness (QED) is 0.531. The fraction of sp³-hybridized carbons (Fsp3) is 0.381. The summed E-state index contributed by atoms with van der Waals surface area (Å²) >= 11 is 6.95. The SMILES string of the molecule is CN(C)[C@H](CNC(=O)c1ccc(Cl)s1)C(=O)Nc1ccc(N2CCOCC2=O)cc1OC(F)F. The second kappa shape index (κ2) is 11.6. The summed E-state index contributed by atoms with van der Waals surface area (Å²) in [4.78, 5) is 40.7. The summed E-state index contributed by atoms with van der Waals surface area (Å²) in [5.74, 6) is -1.56. The molecule has 0 saturated carbocycles. The molecule has 1 saturated heterocycles. The molecule has 3 amide bonds. The summed E-state index contributed by atoms with van der Waals surface area (Å²) < 4.78 is 36.2. The zero-order valence-corrected chi connectivity index (χ0v) is 19.9. The van der Waals surface area contributed by atoms with Gasteiger partial charge in [0.2, 0.25) is 5.91 Å². The smallest absolute Gasteiger partial charge is 0.387 e. The number of alkyl halides is 2.